The Morgan fingerprint density at radius 2 is 1.71 bits per heavy atom. The summed E-state index contributed by atoms with van der Waals surface area (Å²) in [4.78, 5) is 14.3. The lowest BCUT2D eigenvalue weighted by Crippen LogP contribution is -2.38. The van der Waals surface area contributed by atoms with Crippen LogP contribution in [0.3, 0.4) is 0 Å². The van der Waals surface area contributed by atoms with E-state index in [1.54, 1.807) is 4.90 Å². The zero-order valence-corrected chi connectivity index (χ0v) is 14.1. The predicted octanol–water partition coefficient (Wildman–Crippen LogP) is 3.22. The molecule has 0 fully saturated rings. The Bertz CT molecular complexity index is 445. The lowest BCUT2D eigenvalue weighted by Gasteiger charge is -2.28. The van der Waals surface area contributed by atoms with Gasteiger partial charge in [0, 0.05) is 20.1 Å². The first-order valence-electron chi connectivity index (χ1n) is 7.79. The van der Waals surface area contributed by atoms with Crippen molar-refractivity contribution in [3.05, 3.63) is 35.4 Å². The predicted molar refractivity (Wildman–Crippen MR) is 88.9 cm³/mol. The molecule has 3 nitrogen and oxygen atoms in total. The molecule has 3 heteroatoms. The molecular weight excluding hydrogens is 260 g/mol. The van der Waals surface area contributed by atoms with Crippen molar-refractivity contribution < 1.29 is 4.79 Å². The molecule has 0 radical (unpaired) electrons. The molecule has 1 amide bonds. The van der Waals surface area contributed by atoms with Gasteiger partial charge in [0.15, 0.2) is 0 Å². The number of nitrogens with two attached hydrogens (primary N) is 1. The third kappa shape index (κ3) is 5.88. The molecule has 0 saturated heterocycles. The van der Waals surface area contributed by atoms with Crippen molar-refractivity contribution >= 4 is 5.91 Å². The summed E-state index contributed by atoms with van der Waals surface area (Å²) in [6.07, 6.45) is 1.86. The van der Waals surface area contributed by atoms with Gasteiger partial charge in [0.05, 0.1) is 5.92 Å². The first-order chi connectivity index (χ1) is 9.76. The molecule has 118 valence electrons. The Kier molecular flexibility index (Phi) is 6.41. The molecule has 1 rings (SSSR count). The van der Waals surface area contributed by atoms with Gasteiger partial charge in [-0.15, -0.1) is 0 Å². The van der Waals surface area contributed by atoms with Crippen LogP contribution in [0.5, 0.6) is 0 Å². The molecule has 1 aromatic rings. The van der Waals surface area contributed by atoms with Crippen LogP contribution in [0.1, 0.15) is 45.2 Å². The average Bonchev–Trinajstić information content (AvgIpc) is 2.43. The van der Waals surface area contributed by atoms with Crippen molar-refractivity contribution in [3.63, 3.8) is 0 Å². The van der Waals surface area contributed by atoms with Crippen LogP contribution in [-0.2, 0) is 17.8 Å². The molecular formula is C18H30N2O. The second-order valence-corrected chi connectivity index (χ2v) is 7.06. The van der Waals surface area contributed by atoms with Crippen molar-refractivity contribution in [1.82, 2.24) is 4.90 Å². The van der Waals surface area contributed by atoms with Crippen molar-refractivity contribution in [2.45, 2.75) is 47.1 Å². The number of hydrogen-bond acceptors (Lipinski definition) is 2. The Hall–Kier alpha value is -1.35. The van der Waals surface area contributed by atoms with Crippen LogP contribution in [0.4, 0.5) is 0 Å². The maximum absolute atomic E-state index is 12.5. The Morgan fingerprint density at radius 1 is 1.19 bits per heavy atom. The minimum atomic E-state index is -0.0927. The third-order valence-electron chi connectivity index (χ3n) is 3.72. The van der Waals surface area contributed by atoms with E-state index in [0.29, 0.717) is 13.1 Å². The van der Waals surface area contributed by atoms with E-state index >= 15 is 0 Å². The first-order valence-corrected chi connectivity index (χ1v) is 7.79. The van der Waals surface area contributed by atoms with E-state index in [0.717, 1.165) is 18.4 Å². The minimum Gasteiger partial charge on any atom is -0.341 e. The van der Waals surface area contributed by atoms with E-state index in [1.807, 2.05) is 7.05 Å². The Balaban J connectivity index is 2.67. The standard InChI is InChI=1S/C18H30N2O/c1-6-14-7-9-15(10-8-14)13-20(5)17(21)16(12-19)11-18(2,3)4/h7-10,16H,6,11-13,19H2,1-5H3. The number of amides is 1. The fraction of sp³-hybridized carbons (Fsp3) is 0.611. The fourth-order valence-electron chi connectivity index (χ4n) is 2.55. The van der Waals surface area contributed by atoms with Gasteiger partial charge < -0.3 is 10.6 Å². The summed E-state index contributed by atoms with van der Waals surface area (Å²) >= 11 is 0. The maximum Gasteiger partial charge on any atom is 0.227 e. The summed E-state index contributed by atoms with van der Waals surface area (Å²) in [6.45, 7) is 9.63. The number of hydrogen-bond donors (Lipinski definition) is 1. The van der Waals surface area contributed by atoms with E-state index in [9.17, 15) is 4.79 Å². The number of aryl methyl sites for hydroxylation is 1. The SMILES string of the molecule is CCc1ccc(CN(C)C(=O)C(CN)CC(C)(C)C)cc1. The summed E-state index contributed by atoms with van der Waals surface area (Å²) in [5.74, 6) is 0.0527. The highest BCUT2D eigenvalue weighted by Gasteiger charge is 2.26. The molecule has 1 unspecified atom stereocenters. The molecule has 0 aliphatic carbocycles. The van der Waals surface area contributed by atoms with Gasteiger partial charge in [-0.3, -0.25) is 4.79 Å². The van der Waals surface area contributed by atoms with Crippen LogP contribution in [0.2, 0.25) is 0 Å². The average molecular weight is 290 g/mol. The Morgan fingerprint density at radius 3 is 2.14 bits per heavy atom. The lowest BCUT2D eigenvalue weighted by molar-refractivity contribution is -0.135. The van der Waals surface area contributed by atoms with Gasteiger partial charge in [-0.25, -0.2) is 0 Å². The van der Waals surface area contributed by atoms with Gasteiger partial charge in [0.1, 0.15) is 0 Å². The monoisotopic (exact) mass is 290 g/mol. The molecule has 1 atom stereocenters. The van der Waals surface area contributed by atoms with Crippen molar-refractivity contribution in [2.75, 3.05) is 13.6 Å². The van der Waals surface area contributed by atoms with E-state index in [2.05, 4.69) is 52.0 Å². The highest BCUT2D eigenvalue weighted by atomic mass is 16.2. The molecule has 0 saturated carbocycles. The normalized spacial score (nSPS) is 13.0. The topological polar surface area (TPSA) is 46.3 Å². The molecule has 0 spiro atoms. The third-order valence-corrected chi connectivity index (χ3v) is 3.72. The van der Waals surface area contributed by atoms with Crippen LogP contribution >= 0.6 is 0 Å². The number of rotatable bonds is 6. The van der Waals surface area contributed by atoms with Gasteiger partial charge in [-0.2, -0.15) is 0 Å². The summed E-state index contributed by atoms with van der Waals surface area (Å²) in [5, 5.41) is 0. The van der Waals surface area contributed by atoms with E-state index in [1.165, 1.54) is 5.56 Å². The second kappa shape index (κ2) is 7.60. The molecule has 0 aliphatic rings. The Labute approximate surface area is 129 Å². The van der Waals surface area contributed by atoms with Gasteiger partial charge in [-0.1, -0.05) is 52.0 Å². The van der Waals surface area contributed by atoms with Crippen LogP contribution in [0, 0.1) is 11.3 Å². The van der Waals surface area contributed by atoms with Gasteiger partial charge in [0.25, 0.3) is 0 Å². The molecule has 0 heterocycles. The number of carbonyl (C=O) groups excluding carboxylic acids is 1. The quantitative estimate of drug-likeness (QED) is 0.874. The van der Waals surface area contributed by atoms with Gasteiger partial charge in [0.2, 0.25) is 5.91 Å². The van der Waals surface area contributed by atoms with E-state index < -0.39 is 0 Å². The zero-order chi connectivity index (χ0) is 16.0. The van der Waals surface area contributed by atoms with E-state index in [-0.39, 0.29) is 17.2 Å². The van der Waals surface area contributed by atoms with Crippen LogP contribution < -0.4 is 5.73 Å². The van der Waals surface area contributed by atoms with Gasteiger partial charge >= 0.3 is 0 Å². The van der Waals surface area contributed by atoms with E-state index in [4.69, 9.17) is 5.73 Å². The smallest absolute Gasteiger partial charge is 0.227 e. The highest BCUT2D eigenvalue weighted by Crippen LogP contribution is 2.25. The summed E-state index contributed by atoms with van der Waals surface area (Å²) in [7, 11) is 1.86. The number of nitrogens with zero attached hydrogens (tertiary/aromatic N) is 1. The molecule has 0 aromatic heterocycles. The number of carbonyl (C=O) groups is 1. The summed E-state index contributed by atoms with van der Waals surface area (Å²) in [5.41, 5.74) is 8.40. The van der Waals surface area contributed by atoms with Crippen molar-refractivity contribution in [1.29, 1.82) is 0 Å². The van der Waals surface area contributed by atoms with Crippen LogP contribution in [-0.4, -0.2) is 24.4 Å². The fourth-order valence-corrected chi connectivity index (χ4v) is 2.55. The van der Waals surface area contributed by atoms with Crippen LogP contribution in [0.15, 0.2) is 24.3 Å². The van der Waals surface area contributed by atoms with Crippen LogP contribution in [0.25, 0.3) is 0 Å². The molecule has 2 N–H and O–H groups in total. The summed E-state index contributed by atoms with van der Waals surface area (Å²) < 4.78 is 0. The minimum absolute atomic E-state index is 0.0927. The highest BCUT2D eigenvalue weighted by molar-refractivity contribution is 5.78. The lowest BCUT2D eigenvalue weighted by atomic mass is 9.84. The van der Waals surface area contributed by atoms with Crippen molar-refractivity contribution in [3.8, 4) is 0 Å². The maximum atomic E-state index is 12.5. The first kappa shape index (κ1) is 17.7. The second-order valence-electron chi connectivity index (χ2n) is 7.06. The molecule has 0 bridgehead atoms. The molecule has 0 aliphatic heterocycles. The van der Waals surface area contributed by atoms with Gasteiger partial charge in [-0.05, 0) is 29.4 Å². The zero-order valence-electron chi connectivity index (χ0n) is 14.1. The van der Waals surface area contributed by atoms with Crippen molar-refractivity contribution in [2.24, 2.45) is 17.1 Å². The molecule has 21 heavy (non-hydrogen) atoms. The molecule has 1 aromatic carbocycles. The number of benzene rings is 1. The largest absolute Gasteiger partial charge is 0.341 e. The summed E-state index contributed by atoms with van der Waals surface area (Å²) in [6, 6.07) is 8.46.